The van der Waals surface area contributed by atoms with Crippen LogP contribution in [0.5, 0.6) is 5.75 Å². The fourth-order valence-electron chi connectivity index (χ4n) is 4.35. The predicted octanol–water partition coefficient (Wildman–Crippen LogP) is 3.80. The summed E-state index contributed by atoms with van der Waals surface area (Å²) in [5.74, 6) is 1.02. The Kier molecular flexibility index (Phi) is 5.68. The number of hydrogen-bond donors (Lipinski definition) is 1. The van der Waals surface area contributed by atoms with E-state index in [9.17, 15) is 14.4 Å². The van der Waals surface area contributed by atoms with Gasteiger partial charge in [-0.1, -0.05) is 18.2 Å². The summed E-state index contributed by atoms with van der Waals surface area (Å²) in [4.78, 5) is 41.4. The fraction of sp³-hybridized carbons (Fsp3) is 0.280. The third-order valence-corrected chi connectivity index (χ3v) is 7.27. The zero-order chi connectivity index (χ0) is 24.7. The molecule has 2 aliphatic rings. The molecule has 5 rings (SSSR count). The number of hydrazone groups is 1. The van der Waals surface area contributed by atoms with Gasteiger partial charge in [-0.2, -0.15) is 5.10 Å². The molecule has 10 heteroatoms. The van der Waals surface area contributed by atoms with Gasteiger partial charge in [0.1, 0.15) is 35.1 Å². The number of ether oxygens (including phenoxy) is 1. The van der Waals surface area contributed by atoms with Gasteiger partial charge in [0.2, 0.25) is 0 Å². The highest BCUT2D eigenvalue weighted by molar-refractivity contribution is 7.10. The van der Waals surface area contributed by atoms with Crippen LogP contribution in [0.2, 0.25) is 0 Å². The van der Waals surface area contributed by atoms with E-state index in [1.54, 1.807) is 38.3 Å². The first-order valence-electron chi connectivity index (χ1n) is 11.1. The first kappa shape index (κ1) is 22.9. The van der Waals surface area contributed by atoms with E-state index in [0.717, 1.165) is 15.5 Å². The zero-order valence-corrected chi connectivity index (χ0v) is 20.3. The van der Waals surface area contributed by atoms with Gasteiger partial charge in [0.05, 0.1) is 13.2 Å². The van der Waals surface area contributed by atoms with Crippen molar-refractivity contribution in [2.45, 2.75) is 31.8 Å². The molecule has 9 nitrogen and oxygen atoms in total. The monoisotopic (exact) mass is 492 g/mol. The van der Waals surface area contributed by atoms with E-state index in [4.69, 9.17) is 9.15 Å². The number of carbonyl (C=O) groups excluding carboxylic acids is 3. The topological polar surface area (TPSA) is 104 Å². The minimum absolute atomic E-state index is 0.336. The summed E-state index contributed by atoms with van der Waals surface area (Å²) >= 11 is 1.52. The minimum atomic E-state index is -1.29. The van der Waals surface area contributed by atoms with Crippen LogP contribution in [0.25, 0.3) is 0 Å². The number of nitrogens with one attached hydrogen (secondary N) is 1. The lowest BCUT2D eigenvalue weighted by Gasteiger charge is -2.24. The lowest BCUT2D eigenvalue weighted by atomic mass is 9.92. The lowest BCUT2D eigenvalue weighted by molar-refractivity contribution is -0.139. The van der Waals surface area contributed by atoms with Crippen LogP contribution in [0, 0.1) is 6.92 Å². The van der Waals surface area contributed by atoms with Gasteiger partial charge in [-0.05, 0) is 55.1 Å². The van der Waals surface area contributed by atoms with E-state index in [1.807, 2.05) is 36.6 Å². The van der Waals surface area contributed by atoms with Crippen molar-refractivity contribution >= 4 is 34.9 Å². The van der Waals surface area contributed by atoms with Crippen LogP contribution >= 0.6 is 11.3 Å². The van der Waals surface area contributed by atoms with Crippen molar-refractivity contribution < 1.29 is 23.5 Å². The number of carbonyl (C=O) groups is 3. The normalized spacial score (nSPS) is 21.9. The van der Waals surface area contributed by atoms with Gasteiger partial charge < -0.3 is 14.5 Å². The number of methoxy groups -OCH3 is 1. The Morgan fingerprint density at radius 3 is 2.63 bits per heavy atom. The Bertz CT molecular complexity index is 1310. The highest BCUT2D eigenvalue weighted by Gasteiger charge is 2.50. The van der Waals surface area contributed by atoms with Crippen molar-refractivity contribution in [2.75, 3.05) is 13.7 Å². The number of rotatable bonds is 6. The average molecular weight is 493 g/mol. The molecule has 1 aromatic carbocycles. The smallest absolute Gasteiger partial charge is 0.325 e. The molecular formula is C25H24N4O5S. The number of urea groups is 1. The SMILES string of the molecule is COc1ccc([C@@]2(C)NC(=O)N(CC(=O)N3N=C(c4ccc(C)o4)C[C@H]3c3cccs3)C2=O)cc1. The van der Waals surface area contributed by atoms with Crippen LogP contribution in [0.1, 0.15) is 41.3 Å². The highest BCUT2D eigenvalue weighted by Crippen LogP contribution is 2.36. The van der Waals surface area contributed by atoms with Crippen LogP contribution in [-0.2, 0) is 15.1 Å². The molecule has 1 saturated heterocycles. The number of aryl methyl sites for hydroxylation is 1. The number of nitrogens with zero attached hydrogens (tertiary/aromatic N) is 3. The maximum atomic E-state index is 13.4. The molecule has 0 unspecified atom stereocenters. The summed E-state index contributed by atoms with van der Waals surface area (Å²) in [6, 6.07) is 13.4. The second-order valence-electron chi connectivity index (χ2n) is 8.61. The molecule has 2 atom stereocenters. The first-order chi connectivity index (χ1) is 16.8. The largest absolute Gasteiger partial charge is 0.497 e. The average Bonchev–Trinajstić information content (AvgIpc) is 3.64. The fourth-order valence-corrected chi connectivity index (χ4v) is 5.16. The van der Waals surface area contributed by atoms with E-state index in [0.29, 0.717) is 29.2 Å². The molecule has 4 heterocycles. The lowest BCUT2D eigenvalue weighted by Crippen LogP contribution is -2.43. The Hall–Kier alpha value is -3.92. The Balaban J connectivity index is 1.39. The van der Waals surface area contributed by atoms with Crippen molar-refractivity contribution in [3.8, 4) is 5.75 Å². The van der Waals surface area contributed by atoms with Crippen molar-refractivity contribution in [1.29, 1.82) is 0 Å². The summed E-state index contributed by atoms with van der Waals surface area (Å²) in [6.45, 7) is 3.04. The third-order valence-electron chi connectivity index (χ3n) is 6.30. The van der Waals surface area contributed by atoms with Crippen LogP contribution in [-0.4, -0.2) is 47.1 Å². The van der Waals surface area contributed by atoms with Crippen LogP contribution in [0.15, 0.2) is 63.4 Å². The Labute approximate surface area is 206 Å². The third kappa shape index (κ3) is 3.99. The molecule has 2 aliphatic heterocycles. The molecule has 0 aliphatic carbocycles. The summed E-state index contributed by atoms with van der Waals surface area (Å²) in [6.07, 6.45) is 0.475. The van der Waals surface area contributed by atoms with Gasteiger partial charge in [-0.25, -0.2) is 9.80 Å². The van der Waals surface area contributed by atoms with Gasteiger partial charge in [0.25, 0.3) is 11.8 Å². The molecule has 35 heavy (non-hydrogen) atoms. The molecule has 1 fully saturated rings. The van der Waals surface area contributed by atoms with Crippen LogP contribution < -0.4 is 10.1 Å². The van der Waals surface area contributed by atoms with E-state index in [2.05, 4.69) is 10.4 Å². The minimum Gasteiger partial charge on any atom is -0.497 e. The number of furan rings is 1. The molecule has 2 aromatic heterocycles. The maximum Gasteiger partial charge on any atom is 0.325 e. The molecule has 1 N–H and O–H groups in total. The highest BCUT2D eigenvalue weighted by atomic mass is 32.1. The molecule has 0 spiro atoms. The summed E-state index contributed by atoms with van der Waals surface area (Å²) in [5.41, 5.74) is -0.0510. The van der Waals surface area contributed by atoms with Crippen molar-refractivity contribution in [3.63, 3.8) is 0 Å². The summed E-state index contributed by atoms with van der Waals surface area (Å²) in [7, 11) is 1.55. The van der Waals surface area contributed by atoms with Crippen molar-refractivity contribution in [2.24, 2.45) is 5.10 Å². The first-order valence-corrected chi connectivity index (χ1v) is 12.0. The Morgan fingerprint density at radius 2 is 2.00 bits per heavy atom. The van der Waals surface area contributed by atoms with Gasteiger partial charge in [-0.3, -0.25) is 14.5 Å². The molecule has 0 bridgehead atoms. The van der Waals surface area contributed by atoms with E-state index in [-0.39, 0.29) is 6.04 Å². The van der Waals surface area contributed by atoms with Crippen LogP contribution in [0.4, 0.5) is 4.79 Å². The summed E-state index contributed by atoms with van der Waals surface area (Å²) < 4.78 is 10.9. The molecule has 180 valence electrons. The second kappa shape index (κ2) is 8.70. The standard InChI is InChI=1S/C25H24N4O5S/c1-15-6-11-20(34-15)18-13-19(21-5-4-12-35-21)29(27-18)22(30)14-28-23(31)25(2,26-24(28)32)16-7-9-17(33-3)10-8-16/h4-12,19H,13-14H2,1-3H3,(H,26,32)/t19-,25+/m0/s1. The predicted molar refractivity (Wildman–Crippen MR) is 129 cm³/mol. The molecule has 4 amide bonds. The van der Waals surface area contributed by atoms with Gasteiger partial charge >= 0.3 is 6.03 Å². The molecular weight excluding hydrogens is 468 g/mol. The van der Waals surface area contributed by atoms with Gasteiger partial charge in [0, 0.05) is 11.3 Å². The molecule has 0 saturated carbocycles. The summed E-state index contributed by atoms with van der Waals surface area (Å²) in [5, 5.41) is 10.6. The van der Waals surface area contributed by atoms with Crippen molar-refractivity contribution in [3.05, 3.63) is 75.9 Å². The number of amides is 4. The molecule has 3 aromatic rings. The van der Waals surface area contributed by atoms with E-state index < -0.39 is 29.9 Å². The van der Waals surface area contributed by atoms with E-state index >= 15 is 0 Å². The van der Waals surface area contributed by atoms with Gasteiger partial charge in [0.15, 0.2) is 0 Å². The quantitative estimate of drug-likeness (QED) is 0.527. The Morgan fingerprint density at radius 1 is 1.23 bits per heavy atom. The maximum absolute atomic E-state index is 13.4. The number of benzene rings is 1. The van der Waals surface area contributed by atoms with Crippen molar-refractivity contribution in [1.82, 2.24) is 15.2 Å². The van der Waals surface area contributed by atoms with Crippen LogP contribution in [0.3, 0.4) is 0 Å². The second-order valence-corrected chi connectivity index (χ2v) is 9.58. The van der Waals surface area contributed by atoms with Gasteiger partial charge in [-0.15, -0.1) is 11.3 Å². The zero-order valence-electron chi connectivity index (χ0n) is 19.5. The number of imide groups is 1. The number of thiophene rings is 1. The molecule has 0 radical (unpaired) electrons. The number of hydrogen-bond acceptors (Lipinski definition) is 7. The van der Waals surface area contributed by atoms with E-state index in [1.165, 1.54) is 16.3 Å².